The molecule has 150 valence electrons. The lowest BCUT2D eigenvalue weighted by Crippen LogP contribution is -2.38. The number of amides is 1. The second kappa shape index (κ2) is 10.8. The van der Waals surface area contributed by atoms with Crippen molar-refractivity contribution in [2.45, 2.75) is 51.6 Å². The Morgan fingerprint density at radius 2 is 1.86 bits per heavy atom. The lowest BCUT2D eigenvalue weighted by atomic mass is 10.0. The molecule has 1 saturated heterocycles. The molecule has 0 radical (unpaired) electrons. The van der Waals surface area contributed by atoms with Gasteiger partial charge in [0.2, 0.25) is 0 Å². The first-order valence-corrected chi connectivity index (χ1v) is 10.4. The Kier molecular flexibility index (Phi) is 7.79. The number of carbonyl (C=O) groups is 1. The van der Waals surface area contributed by atoms with Crippen molar-refractivity contribution in [3.8, 4) is 0 Å². The van der Waals surface area contributed by atoms with Crippen LogP contribution in [0.25, 0.3) is 0 Å². The van der Waals surface area contributed by atoms with Gasteiger partial charge in [-0.05, 0) is 37.0 Å². The van der Waals surface area contributed by atoms with Gasteiger partial charge in [0.25, 0.3) is 5.91 Å². The van der Waals surface area contributed by atoms with Gasteiger partial charge in [-0.15, -0.1) is 10.2 Å². The van der Waals surface area contributed by atoms with Crippen molar-refractivity contribution in [2.75, 3.05) is 25.0 Å². The summed E-state index contributed by atoms with van der Waals surface area (Å²) >= 11 is 0. The number of likely N-dealkylation sites (tertiary alicyclic amines) is 1. The van der Waals surface area contributed by atoms with Gasteiger partial charge in [0.05, 0.1) is 0 Å². The zero-order chi connectivity index (χ0) is 19.6. The highest BCUT2D eigenvalue weighted by atomic mass is 16.1. The van der Waals surface area contributed by atoms with Crippen molar-refractivity contribution in [1.82, 2.24) is 20.4 Å². The molecular formula is C22H31N5O. The Balaban J connectivity index is 1.40. The summed E-state index contributed by atoms with van der Waals surface area (Å²) in [6, 6.07) is 14.6. The van der Waals surface area contributed by atoms with E-state index in [1.807, 2.05) is 6.07 Å². The Morgan fingerprint density at radius 3 is 2.54 bits per heavy atom. The zero-order valence-electron chi connectivity index (χ0n) is 16.7. The summed E-state index contributed by atoms with van der Waals surface area (Å²) in [5.74, 6) is 0.591. The molecule has 1 amide bonds. The predicted molar refractivity (Wildman–Crippen MR) is 112 cm³/mol. The van der Waals surface area contributed by atoms with Crippen LogP contribution in [0.3, 0.4) is 0 Å². The number of hydrogen-bond donors (Lipinski definition) is 2. The number of hydrogen-bond acceptors (Lipinski definition) is 5. The molecular weight excluding hydrogens is 350 g/mol. The highest BCUT2D eigenvalue weighted by Gasteiger charge is 2.19. The van der Waals surface area contributed by atoms with Gasteiger partial charge in [-0.25, -0.2) is 0 Å². The lowest BCUT2D eigenvalue weighted by molar-refractivity contribution is 0.0947. The van der Waals surface area contributed by atoms with Crippen molar-refractivity contribution in [3.63, 3.8) is 0 Å². The van der Waals surface area contributed by atoms with Crippen molar-refractivity contribution in [3.05, 3.63) is 53.7 Å². The van der Waals surface area contributed by atoms with Crippen molar-refractivity contribution in [2.24, 2.45) is 0 Å². The topological polar surface area (TPSA) is 70.2 Å². The number of nitrogens with zero attached hydrogens (tertiary/aromatic N) is 3. The lowest BCUT2D eigenvalue weighted by Gasteiger charge is -2.32. The molecule has 1 fully saturated rings. The molecule has 1 aromatic carbocycles. The molecule has 3 rings (SSSR count). The number of carbonyl (C=O) groups excluding carboxylic acids is 1. The fraction of sp³-hybridized carbons (Fsp3) is 0.500. The second-order valence-corrected chi connectivity index (χ2v) is 7.45. The van der Waals surface area contributed by atoms with Gasteiger partial charge in [-0.1, -0.05) is 50.1 Å². The van der Waals surface area contributed by atoms with Gasteiger partial charge in [0.1, 0.15) is 5.82 Å². The molecule has 1 aliphatic rings. The van der Waals surface area contributed by atoms with Gasteiger partial charge in [0.15, 0.2) is 5.69 Å². The molecule has 1 aromatic heterocycles. The minimum absolute atomic E-state index is 0.149. The Morgan fingerprint density at radius 1 is 1.07 bits per heavy atom. The highest BCUT2D eigenvalue weighted by Crippen LogP contribution is 2.17. The molecule has 28 heavy (non-hydrogen) atoms. The molecule has 0 aliphatic carbocycles. The summed E-state index contributed by atoms with van der Waals surface area (Å²) in [5, 5.41) is 14.6. The maximum Gasteiger partial charge on any atom is 0.271 e. The van der Waals surface area contributed by atoms with Crippen LogP contribution in [-0.4, -0.2) is 46.7 Å². The van der Waals surface area contributed by atoms with Crippen molar-refractivity contribution < 1.29 is 4.79 Å². The van der Waals surface area contributed by atoms with E-state index in [4.69, 9.17) is 0 Å². The van der Waals surface area contributed by atoms with Crippen LogP contribution >= 0.6 is 0 Å². The molecule has 1 aliphatic heterocycles. The average molecular weight is 382 g/mol. The normalized spacial score (nSPS) is 15.3. The van der Waals surface area contributed by atoms with Crippen LogP contribution in [0.15, 0.2) is 42.5 Å². The summed E-state index contributed by atoms with van der Waals surface area (Å²) < 4.78 is 0. The minimum atomic E-state index is -0.149. The average Bonchev–Trinajstić information content (AvgIpc) is 2.74. The number of aromatic nitrogens is 2. The molecule has 2 N–H and O–H groups in total. The van der Waals surface area contributed by atoms with Gasteiger partial charge >= 0.3 is 0 Å². The van der Waals surface area contributed by atoms with E-state index in [1.165, 1.54) is 5.56 Å². The van der Waals surface area contributed by atoms with E-state index in [0.29, 0.717) is 18.3 Å². The molecule has 2 heterocycles. The first-order valence-electron chi connectivity index (χ1n) is 10.4. The molecule has 0 bridgehead atoms. The van der Waals surface area contributed by atoms with Crippen molar-refractivity contribution in [1.29, 1.82) is 0 Å². The molecule has 6 nitrogen and oxygen atoms in total. The first kappa shape index (κ1) is 20.3. The Bertz CT molecular complexity index is 711. The molecule has 2 aromatic rings. The summed E-state index contributed by atoms with van der Waals surface area (Å²) in [6.45, 7) is 5.98. The van der Waals surface area contributed by atoms with Gasteiger partial charge < -0.3 is 10.6 Å². The van der Waals surface area contributed by atoms with Crippen molar-refractivity contribution >= 4 is 11.7 Å². The van der Waals surface area contributed by atoms with E-state index in [9.17, 15) is 4.79 Å². The minimum Gasteiger partial charge on any atom is -0.366 e. The number of nitrogens with one attached hydrogen (secondary N) is 2. The molecule has 6 heteroatoms. The predicted octanol–water partition coefficient (Wildman–Crippen LogP) is 3.47. The molecule has 0 saturated carbocycles. The number of benzene rings is 1. The van der Waals surface area contributed by atoms with E-state index in [1.54, 1.807) is 6.07 Å². The van der Waals surface area contributed by atoms with E-state index in [0.717, 1.165) is 57.6 Å². The van der Waals surface area contributed by atoms with Crippen LogP contribution < -0.4 is 10.6 Å². The van der Waals surface area contributed by atoms with E-state index in [-0.39, 0.29) is 5.91 Å². The number of unbranched alkanes of at least 4 members (excludes halogenated alkanes) is 2. The smallest absolute Gasteiger partial charge is 0.271 e. The maximum atomic E-state index is 12.1. The van der Waals surface area contributed by atoms with Gasteiger partial charge in [-0.2, -0.15) is 0 Å². The highest BCUT2D eigenvalue weighted by molar-refractivity contribution is 5.92. The SMILES string of the molecule is CCCCCNC(=O)c1ccc(NC2CCN(Cc3ccccc3)CC2)nn1. The Hall–Kier alpha value is -2.47. The summed E-state index contributed by atoms with van der Waals surface area (Å²) in [7, 11) is 0. The van der Waals surface area contributed by atoms with Crippen LogP contribution in [0.5, 0.6) is 0 Å². The van der Waals surface area contributed by atoms with E-state index in [2.05, 4.69) is 63.0 Å². The van der Waals surface area contributed by atoms with Gasteiger partial charge in [0, 0.05) is 32.2 Å². The number of anilines is 1. The monoisotopic (exact) mass is 381 g/mol. The maximum absolute atomic E-state index is 12.1. The number of piperidine rings is 1. The fourth-order valence-corrected chi connectivity index (χ4v) is 3.48. The van der Waals surface area contributed by atoms with E-state index >= 15 is 0 Å². The standard InChI is InChI=1S/C22H31N5O/c1-2-3-7-14-23-22(28)20-10-11-21(26-25-20)24-19-12-15-27(16-13-19)17-18-8-5-4-6-9-18/h4-6,8-11,19H,2-3,7,12-17H2,1H3,(H,23,28)(H,24,26). The second-order valence-electron chi connectivity index (χ2n) is 7.45. The van der Waals surface area contributed by atoms with Crippen LogP contribution in [0.1, 0.15) is 55.1 Å². The quantitative estimate of drug-likeness (QED) is 0.651. The fourth-order valence-electron chi connectivity index (χ4n) is 3.48. The third-order valence-electron chi connectivity index (χ3n) is 5.15. The first-order chi connectivity index (χ1) is 13.7. The molecule has 0 unspecified atom stereocenters. The van der Waals surface area contributed by atoms with Gasteiger partial charge in [-0.3, -0.25) is 9.69 Å². The zero-order valence-corrected chi connectivity index (χ0v) is 16.7. The third kappa shape index (κ3) is 6.30. The molecule has 0 atom stereocenters. The number of rotatable bonds is 9. The van der Waals surface area contributed by atoms with Crippen LogP contribution in [0.2, 0.25) is 0 Å². The van der Waals surface area contributed by atoms with E-state index < -0.39 is 0 Å². The van der Waals surface area contributed by atoms with Crippen LogP contribution in [-0.2, 0) is 6.54 Å². The summed E-state index contributed by atoms with van der Waals surface area (Å²) in [4.78, 5) is 14.5. The van der Waals surface area contributed by atoms with Crippen LogP contribution in [0, 0.1) is 0 Å². The largest absolute Gasteiger partial charge is 0.366 e. The summed E-state index contributed by atoms with van der Waals surface area (Å²) in [6.07, 6.45) is 5.42. The molecule has 0 spiro atoms. The Labute approximate surface area is 167 Å². The van der Waals surface area contributed by atoms with Crippen LogP contribution in [0.4, 0.5) is 5.82 Å². The summed E-state index contributed by atoms with van der Waals surface area (Å²) in [5.41, 5.74) is 1.74. The third-order valence-corrected chi connectivity index (χ3v) is 5.15.